The SMILES string of the molecule is CCNC(=O)c1ccc(NC(=S)NC(=O)c2ccccc2)cc1. The number of hydrogen-bond acceptors (Lipinski definition) is 3. The molecular formula is C17H17N3O2S. The van der Waals surface area contributed by atoms with Crippen LogP contribution in [0.5, 0.6) is 0 Å². The summed E-state index contributed by atoms with van der Waals surface area (Å²) in [6.45, 7) is 2.44. The van der Waals surface area contributed by atoms with Crippen LogP contribution < -0.4 is 16.0 Å². The van der Waals surface area contributed by atoms with Gasteiger partial charge in [-0.3, -0.25) is 14.9 Å². The molecule has 2 aromatic rings. The Labute approximate surface area is 140 Å². The summed E-state index contributed by atoms with van der Waals surface area (Å²) in [7, 11) is 0. The van der Waals surface area contributed by atoms with Crippen molar-refractivity contribution in [3.63, 3.8) is 0 Å². The van der Waals surface area contributed by atoms with Gasteiger partial charge in [-0.1, -0.05) is 18.2 Å². The van der Waals surface area contributed by atoms with E-state index in [2.05, 4.69) is 16.0 Å². The predicted octanol–water partition coefficient (Wildman–Crippen LogP) is 2.56. The maximum Gasteiger partial charge on any atom is 0.257 e. The lowest BCUT2D eigenvalue weighted by Gasteiger charge is -2.10. The first-order valence-corrected chi connectivity index (χ1v) is 7.56. The maximum absolute atomic E-state index is 12.0. The third kappa shape index (κ3) is 4.89. The Kier molecular flexibility index (Phi) is 5.82. The molecule has 0 radical (unpaired) electrons. The summed E-state index contributed by atoms with van der Waals surface area (Å²) in [5.41, 5.74) is 1.79. The van der Waals surface area contributed by atoms with Gasteiger partial charge in [0.2, 0.25) is 0 Å². The average Bonchev–Trinajstić information content (AvgIpc) is 2.56. The van der Waals surface area contributed by atoms with E-state index in [9.17, 15) is 9.59 Å². The van der Waals surface area contributed by atoms with Gasteiger partial charge in [-0.2, -0.15) is 0 Å². The number of benzene rings is 2. The monoisotopic (exact) mass is 327 g/mol. The van der Waals surface area contributed by atoms with Gasteiger partial charge in [-0.05, 0) is 55.5 Å². The molecule has 0 aromatic heterocycles. The molecule has 2 amide bonds. The first kappa shape index (κ1) is 16.6. The minimum absolute atomic E-state index is 0.126. The Morgan fingerprint density at radius 1 is 0.913 bits per heavy atom. The van der Waals surface area contributed by atoms with Gasteiger partial charge in [-0.25, -0.2) is 0 Å². The van der Waals surface area contributed by atoms with Crippen LogP contribution >= 0.6 is 12.2 Å². The maximum atomic E-state index is 12.0. The van der Waals surface area contributed by atoms with E-state index in [4.69, 9.17) is 12.2 Å². The van der Waals surface area contributed by atoms with Crippen molar-refractivity contribution in [2.75, 3.05) is 11.9 Å². The van der Waals surface area contributed by atoms with Crippen LogP contribution in [-0.4, -0.2) is 23.5 Å². The van der Waals surface area contributed by atoms with Crippen molar-refractivity contribution in [3.05, 3.63) is 65.7 Å². The Hall–Kier alpha value is -2.73. The van der Waals surface area contributed by atoms with Crippen molar-refractivity contribution in [2.24, 2.45) is 0 Å². The number of carbonyl (C=O) groups excluding carboxylic acids is 2. The van der Waals surface area contributed by atoms with Crippen LogP contribution in [0.25, 0.3) is 0 Å². The molecule has 6 heteroatoms. The average molecular weight is 327 g/mol. The van der Waals surface area contributed by atoms with Crippen molar-refractivity contribution in [1.82, 2.24) is 10.6 Å². The zero-order valence-electron chi connectivity index (χ0n) is 12.6. The van der Waals surface area contributed by atoms with Gasteiger partial charge in [-0.15, -0.1) is 0 Å². The number of carbonyl (C=O) groups is 2. The van der Waals surface area contributed by atoms with E-state index in [-0.39, 0.29) is 16.9 Å². The van der Waals surface area contributed by atoms with E-state index >= 15 is 0 Å². The molecule has 0 saturated heterocycles. The van der Waals surface area contributed by atoms with Crippen molar-refractivity contribution in [3.8, 4) is 0 Å². The Morgan fingerprint density at radius 2 is 1.52 bits per heavy atom. The molecule has 2 rings (SSSR count). The highest BCUT2D eigenvalue weighted by Crippen LogP contribution is 2.09. The van der Waals surface area contributed by atoms with Gasteiger partial charge in [0, 0.05) is 23.4 Å². The highest BCUT2D eigenvalue weighted by atomic mass is 32.1. The minimum atomic E-state index is -0.276. The molecule has 0 spiro atoms. The first-order valence-electron chi connectivity index (χ1n) is 7.16. The second-order valence-corrected chi connectivity index (χ2v) is 5.12. The van der Waals surface area contributed by atoms with Gasteiger partial charge in [0.25, 0.3) is 11.8 Å². The molecule has 5 nitrogen and oxygen atoms in total. The zero-order chi connectivity index (χ0) is 16.7. The van der Waals surface area contributed by atoms with Crippen LogP contribution in [0.15, 0.2) is 54.6 Å². The van der Waals surface area contributed by atoms with Crippen molar-refractivity contribution in [2.45, 2.75) is 6.92 Å². The Balaban J connectivity index is 1.93. The smallest absolute Gasteiger partial charge is 0.257 e. The molecule has 0 aliphatic carbocycles. The third-order valence-corrected chi connectivity index (χ3v) is 3.21. The molecule has 0 fully saturated rings. The fourth-order valence-electron chi connectivity index (χ4n) is 1.89. The van der Waals surface area contributed by atoms with Gasteiger partial charge in [0.1, 0.15) is 0 Å². The summed E-state index contributed by atoms with van der Waals surface area (Å²) in [6.07, 6.45) is 0. The van der Waals surface area contributed by atoms with Gasteiger partial charge >= 0.3 is 0 Å². The lowest BCUT2D eigenvalue weighted by Crippen LogP contribution is -2.34. The zero-order valence-corrected chi connectivity index (χ0v) is 13.4. The first-order chi connectivity index (χ1) is 11.1. The number of thiocarbonyl (C=S) groups is 1. The summed E-state index contributed by atoms with van der Waals surface area (Å²) in [5.74, 6) is -0.402. The van der Waals surface area contributed by atoms with Crippen LogP contribution in [0.4, 0.5) is 5.69 Å². The number of anilines is 1. The number of hydrogen-bond donors (Lipinski definition) is 3. The molecule has 118 valence electrons. The summed E-state index contributed by atoms with van der Waals surface area (Å²) in [4.78, 5) is 23.6. The highest BCUT2D eigenvalue weighted by molar-refractivity contribution is 7.80. The number of nitrogens with one attached hydrogen (secondary N) is 3. The minimum Gasteiger partial charge on any atom is -0.352 e. The number of amides is 2. The Bertz CT molecular complexity index is 700. The van der Waals surface area contributed by atoms with E-state index in [1.54, 1.807) is 48.5 Å². The van der Waals surface area contributed by atoms with Gasteiger partial charge < -0.3 is 10.6 Å². The van der Waals surface area contributed by atoms with Crippen LogP contribution in [0.2, 0.25) is 0 Å². The van der Waals surface area contributed by atoms with Crippen LogP contribution in [0, 0.1) is 0 Å². The molecule has 0 saturated carbocycles. The molecule has 0 bridgehead atoms. The summed E-state index contributed by atoms with van der Waals surface area (Å²) < 4.78 is 0. The van der Waals surface area contributed by atoms with E-state index in [0.29, 0.717) is 23.4 Å². The lowest BCUT2D eigenvalue weighted by atomic mass is 10.2. The molecular weight excluding hydrogens is 310 g/mol. The molecule has 2 aromatic carbocycles. The topological polar surface area (TPSA) is 70.2 Å². The fraction of sp³-hybridized carbons (Fsp3) is 0.118. The molecule has 23 heavy (non-hydrogen) atoms. The summed E-state index contributed by atoms with van der Waals surface area (Å²) in [6, 6.07) is 15.7. The predicted molar refractivity (Wildman–Crippen MR) is 94.6 cm³/mol. The van der Waals surface area contributed by atoms with Crippen molar-refractivity contribution < 1.29 is 9.59 Å². The Morgan fingerprint density at radius 3 is 2.13 bits per heavy atom. The molecule has 0 unspecified atom stereocenters. The molecule has 3 N–H and O–H groups in total. The quantitative estimate of drug-likeness (QED) is 0.755. The second kappa shape index (κ2) is 8.05. The second-order valence-electron chi connectivity index (χ2n) is 4.71. The van der Waals surface area contributed by atoms with E-state index < -0.39 is 0 Å². The van der Waals surface area contributed by atoms with Crippen LogP contribution in [0.1, 0.15) is 27.6 Å². The fourth-order valence-corrected chi connectivity index (χ4v) is 2.11. The third-order valence-electron chi connectivity index (χ3n) is 3.01. The van der Waals surface area contributed by atoms with E-state index in [0.717, 1.165) is 0 Å². The molecule has 0 atom stereocenters. The van der Waals surface area contributed by atoms with Gasteiger partial charge in [0.15, 0.2) is 5.11 Å². The van der Waals surface area contributed by atoms with Crippen LogP contribution in [0.3, 0.4) is 0 Å². The van der Waals surface area contributed by atoms with Gasteiger partial charge in [0.05, 0.1) is 0 Å². The van der Waals surface area contributed by atoms with E-state index in [1.807, 2.05) is 13.0 Å². The molecule has 0 heterocycles. The standard InChI is InChI=1S/C17H17N3O2S/c1-2-18-15(21)13-8-10-14(11-9-13)19-17(23)20-16(22)12-6-4-3-5-7-12/h3-11H,2H2,1H3,(H,18,21)(H2,19,20,22,23). The molecule has 0 aliphatic heterocycles. The van der Waals surface area contributed by atoms with E-state index in [1.165, 1.54) is 0 Å². The van der Waals surface area contributed by atoms with Crippen molar-refractivity contribution in [1.29, 1.82) is 0 Å². The summed E-state index contributed by atoms with van der Waals surface area (Å²) in [5, 5.41) is 8.44. The normalized spacial score (nSPS) is 9.78. The largest absolute Gasteiger partial charge is 0.352 e. The molecule has 0 aliphatic rings. The van der Waals surface area contributed by atoms with Crippen LogP contribution in [-0.2, 0) is 0 Å². The lowest BCUT2D eigenvalue weighted by molar-refractivity contribution is 0.0953. The van der Waals surface area contributed by atoms with Crippen molar-refractivity contribution >= 4 is 34.8 Å². The number of rotatable bonds is 4. The summed E-state index contributed by atoms with van der Waals surface area (Å²) >= 11 is 5.12. The highest BCUT2D eigenvalue weighted by Gasteiger charge is 2.08.